The topological polar surface area (TPSA) is 76.3 Å². The summed E-state index contributed by atoms with van der Waals surface area (Å²) in [6.07, 6.45) is 3.29. The van der Waals surface area contributed by atoms with E-state index in [1.807, 2.05) is 7.05 Å². The molecular formula is C11H15N5O2. The summed E-state index contributed by atoms with van der Waals surface area (Å²) in [5.41, 5.74) is 0.795. The lowest BCUT2D eigenvalue weighted by Gasteiger charge is -2.35. The number of morpholine rings is 1. The van der Waals surface area contributed by atoms with Crippen LogP contribution in [0.5, 0.6) is 0 Å². The van der Waals surface area contributed by atoms with Gasteiger partial charge in [0.2, 0.25) is 0 Å². The second-order valence-corrected chi connectivity index (χ2v) is 4.31. The minimum atomic E-state index is -0.0583. The molecule has 1 unspecified atom stereocenters. The van der Waals surface area contributed by atoms with E-state index in [0.717, 1.165) is 16.9 Å². The summed E-state index contributed by atoms with van der Waals surface area (Å²) in [6.45, 7) is 1.92. The first-order chi connectivity index (χ1) is 8.81. The van der Waals surface area contributed by atoms with Crippen molar-refractivity contribution in [1.29, 1.82) is 0 Å². The molecule has 1 atom stereocenters. The van der Waals surface area contributed by atoms with Crippen molar-refractivity contribution in [1.82, 2.24) is 19.7 Å². The number of ether oxygens (including phenoxy) is 1. The number of hydrogen-bond donors (Lipinski definition) is 1. The zero-order valence-corrected chi connectivity index (χ0v) is 10.2. The van der Waals surface area contributed by atoms with Crippen LogP contribution in [0.25, 0.3) is 11.0 Å². The molecule has 7 heteroatoms. The number of hydrogen-bond acceptors (Lipinski definition) is 6. The van der Waals surface area contributed by atoms with Gasteiger partial charge in [0.15, 0.2) is 5.65 Å². The fourth-order valence-electron chi connectivity index (χ4n) is 2.26. The first-order valence-corrected chi connectivity index (χ1v) is 5.89. The second kappa shape index (κ2) is 4.51. The van der Waals surface area contributed by atoms with E-state index >= 15 is 0 Å². The normalized spacial score (nSPS) is 20.6. The van der Waals surface area contributed by atoms with Gasteiger partial charge in [0.1, 0.15) is 12.1 Å². The van der Waals surface area contributed by atoms with E-state index in [1.54, 1.807) is 10.9 Å². The van der Waals surface area contributed by atoms with Crippen molar-refractivity contribution in [2.24, 2.45) is 7.05 Å². The van der Waals surface area contributed by atoms with E-state index in [-0.39, 0.29) is 12.6 Å². The molecule has 1 aliphatic heterocycles. The van der Waals surface area contributed by atoms with Gasteiger partial charge in [-0.3, -0.25) is 4.68 Å². The number of aliphatic hydroxyl groups is 1. The Balaban J connectivity index is 2.07. The Labute approximate surface area is 104 Å². The molecule has 1 fully saturated rings. The van der Waals surface area contributed by atoms with Crippen LogP contribution >= 0.6 is 0 Å². The monoisotopic (exact) mass is 249 g/mol. The third-order valence-electron chi connectivity index (χ3n) is 3.22. The van der Waals surface area contributed by atoms with E-state index in [4.69, 9.17) is 4.74 Å². The zero-order chi connectivity index (χ0) is 12.5. The van der Waals surface area contributed by atoms with Gasteiger partial charge >= 0.3 is 0 Å². The molecule has 2 aromatic rings. The maximum atomic E-state index is 9.41. The molecule has 7 nitrogen and oxygen atoms in total. The minimum absolute atomic E-state index is 0.0474. The summed E-state index contributed by atoms with van der Waals surface area (Å²) in [4.78, 5) is 10.6. The third kappa shape index (κ3) is 1.72. The molecule has 3 heterocycles. The highest BCUT2D eigenvalue weighted by molar-refractivity contribution is 5.86. The van der Waals surface area contributed by atoms with Gasteiger partial charge in [0.05, 0.1) is 37.4 Å². The number of nitrogens with zero attached hydrogens (tertiary/aromatic N) is 5. The maximum Gasteiger partial charge on any atom is 0.163 e. The standard InChI is InChI=1S/C11H15N5O2/c1-15-10-9(4-14-15)11(13-7-12-10)16-2-3-18-6-8(16)5-17/h4,7-8,17H,2-3,5-6H2,1H3. The number of aryl methyl sites for hydroxylation is 1. The largest absolute Gasteiger partial charge is 0.394 e. The third-order valence-corrected chi connectivity index (χ3v) is 3.22. The van der Waals surface area contributed by atoms with Gasteiger partial charge in [-0.05, 0) is 0 Å². The van der Waals surface area contributed by atoms with Crippen LogP contribution < -0.4 is 4.90 Å². The van der Waals surface area contributed by atoms with Gasteiger partial charge < -0.3 is 14.7 Å². The van der Waals surface area contributed by atoms with Crippen LogP contribution in [0, 0.1) is 0 Å². The van der Waals surface area contributed by atoms with Crippen LogP contribution in [0.2, 0.25) is 0 Å². The molecule has 1 aliphatic rings. The van der Waals surface area contributed by atoms with Crippen molar-refractivity contribution in [3.63, 3.8) is 0 Å². The summed E-state index contributed by atoms with van der Waals surface area (Å²) in [6, 6.07) is -0.0583. The number of fused-ring (bicyclic) bond motifs is 1. The Morgan fingerprint density at radius 2 is 2.39 bits per heavy atom. The van der Waals surface area contributed by atoms with E-state index < -0.39 is 0 Å². The summed E-state index contributed by atoms with van der Waals surface area (Å²) >= 11 is 0. The molecule has 0 amide bonds. The zero-order valence-electron chi connectivity index (χ0n) is 10.2. The molecule has 0 aliphatic carbocycles. The maximum absolute atomic E-state index is 9.41. The van der Waals surface area contributed by atoms with Gasteiger partial charge in [-0.15, -0.1) is 0 Å². The van der Waals surface area contributed by atoms with E-state index in [2.05, 4.69) is 20.0 Å². The molecular weight excluding hydrogens is 234 g/mol. The highest BCUT2D eigenvalue weighted by atomic mass is 16.5. The second-order valence-electron chi connectivity index (χ2n) is 4.31. The average molecular weight is 249 g/mol. The van der Waals surface area contributed by atoms with Crippen molar-refractivity contribution in [2.45, 2.75) is 6.04 Å². The van der Waals surface area contributed by atoms with E-state index in [0.29, 0.717) is 19.8 Å². The number of rotatable bonds is 2. The first-order valence-electron chi connectivity index (χ1n) is 5.89. The lowest BCUT2D eigenvalue weighted by Crippen LogP contribution is -2.48. The quantitative estimate of drug-likeness (QED) is 0.777. The molecule has 18 heavy (non-hydrogen) atoms. The lowest BCUT2D eigenvalue weighted by atomic mass is 10.2. The summed E-state index contributed by atoms with van der Waals surface area (Å²) in [5.74, 6) is 0.815. The molecule has 1 N–H and O–H groups in total. The molecule has 0 saturated carbocycles. The number of anilines is 1. The van der Waals surface area contributed by atoms with Crippen molar-refractivity contribution in [3.05, 3.63) is 12.5 Å². The summed E-state index contributed by atoms with van der Waals surface area (Å²) in [5, 5.41) is 14.5. The highest BCUT2D eigenvalue weighted by Crippen LogP contribution is 2.25. The number of aliphatic hydroxyl groups excluding tert-OH is 1. The first kappa shape index (κ1) is 11.4. The SMILES string of the molecule is Cn1ncc2c(N3CCOCC3CO)ncnc21. The van der Waals surface area contributed by atoms with E-state index in [1.165, 1.54) is 6.33 Å². The van der Waals surface area contributed by atoms with Crippen molar-refractivity contribution in [2.75, 3.05) is 31.3 Å². The Kier molecular flexibility index (Phi) is 2.85. The van der Waals surface area contributed by atoms with Crippen molar-refractivity contribution in [3.8, 4) is 0 Å². The van der Waals surface area contributed by atoms with Crippen LogP contribution in [0.3, 0.4) is 0 Å². The molecule has 3 rings (SSSR count). The van der Waals surface area contributed by atoms with Gasteiger partial charge in [0.25, 0.3) is 0 Å². The molecule has 0 aromatic carbocycles. The van der Waals surface area contributed by atoms with Crippen molar-refractivity contribution >= 4 is 16.9 Å². The Bertz CT molecular complexity index is 555. The lowest BCUT2D eigenvalue weighted by molar-refractivity contribution is 0.0724. The molecule has 0 bridgehead atoms. The predicted molar refractivity (Wildman–Crippen MR) is 65.3 cm³/mol. The van der Waals surface area contributed by atoms with Gasteiger partial charge in [-0.1, -0.05) is 0 Å². The fourth-order valence-corrected chi connectivity index (χ4v) is 2.26. The van der Waals surface area contributed by atoms with Crippen LogP contribution in [-0.2, 0) is 11.8 Å². The van der Waals surface area contributed by atoms with Crippen LogP contribution in [0.4, 0.5) is 5.82 Å². The van der Waals surface area contributed by atoms with E-state index in [9.17, 15) is 5.11 Å². The molecule has 96 valence electrons. The van der Waals surface area contributed by atoms with Crippen LogP contribution in [0.15, 0.2) is 12.5 Å². The predicted octanol–water partition coefficient (Wildman–Crippen LogP) is -0.439. The van der Waals surface area contributed by atoms with Gasteiger partial charge in [-0.2, -0.15) is 5.10 Å². The summed E-state index contributed by atoms with van der Waals surface area (Å²) in [7, 11) is 1.85. The smallest absolute Gasteiger partial charge is 0.163 e. The Morgan fingerprint density at radius 3 is 3.22 bits per heavy atom. The fraction of sp³-hybridized carbons (Fsp3) is 0.545. The molecule has 0 radical (unpaired) electrons. The number of aromatic nitrogens is 4. The van der Waals surface area contributed by atoms with Crippen LogP contribution in [0.1, 0.15) is 0 Å². The molecule has 1 saturated heterocycles. The Hall–Kier alpha value is -1.73. The van der Waals surface area contributed by atoms with Gasteiger partial charge in [-0.25, -0.2) is 9.97 Å². The average Bonchev–Trinajstić information content (AvgIpc) is 2.81. The minimum Gasteiger partial charge on any atom is -0.394 e. The van der Waals surface area contributed by atoms with Crippen molar-refractivity contribution < 1.29 is 9.84 Å². The van der Waals surface area contributed by atoms with Crippen LogP contribution in [-0.4, -0.2) is 57.3 Å². The Morgan fingerprint density at radius 1 is 1.50 bits per heavy atom. The molecule has 2 aromatic heterocycles. The molecule has 0 spiro atoms. The summed E-state index contributed by atoms with van der Waals surface area (Å²) < 4.78 is 7.09. The highest BCUT2D eigenvalue weighted by Gasteiger charge is 2.25. The van der Waals surface area contributed by atoms with Gasteiger partial charge in [0, 0.05) is 13.6 Å².